The first-order valence-electron chi connectivity index (χ1n) is 8.47. The van der Waals surface area contributed by atoms with Crippen LogP contribution in [0.4, 0.5) is 0 Å². The number of nitrogens with one attached hydrogen (secondary N) is 1. The largest absolute Gasteiger partial charge is 0.872 e. The van der Waals surface area contributed by atoms with Crippen molar-refractivity contribution in [2.45, 2.75) is 12.6 Å². The third kappa shape index (κ3) is 3.01. The smallest absolute Gasteiger partial charge is 0.295 e. The standard InChI is InChI=1S/C21H16N2O4/c24-19(14-6-2-1-3-7-14)17-18(15-8-4-10-22-12-15)23(21(26)20(17)25)13-16-9-5-11-27-16/h1-12,18,24H,13H2/b19-17+. The summed E-state index contributed by atoms with van der Waals surface area (Å²) in [5.41, 5.74) is 0.985. The number of H-pyrrole nitrogens is 1. The minimum Gasteiger partial charge on any atom is -0.872 e. The van der Waals surface area contributed by atoms with Gasteiger partial charge in [0.05, 0.1) is 18.8 Å². The molecule has 27 heavy (non-hydrogen) atoms. The molecule has 1 amide bonds. The molecular weight excluding hydrogens is 344 g/mol. The van der Waals surface area contributed by atoms with Gasteiger partial charge in [0.2, 0.25) is 5.78 Å². The Morgan fingerprint density at radius 1 is 1.07 bits per heavy atom. The Morgan fingerprint density at radius 3 is 2.56 bits per heavy atom. The molecule has 6 nitrogen and oxygen atoms in total. The van der Waals surface area contributed by atoms with Crippen molar-refractivity contribution in [3.63, 3.8) is 0 Å². The average molecular weight is 360 g/mol. The van der Waals surface area contributed by atoms with Crippen LogP contribution in [-0.4, -0.2) is 16.6 Å². The Bertz CT molecular complexity index is 995. The zero-order valence-electron chi connectivity index (χ0n) is 14.3. The highest BCUT2D eigenvalue weighted by molar-refractivity contribution is 6.46. The van der Waals surface area contributed by atoms with Crippen LogP contribution in [0.1, 0.15) is 22.9 Å². The number of furan rings is 1. The zero-order valence-corrected chi connectivity index (χ0v) is 14.3. The molecule has 0 aliphatic carbocycles. The van der Waals surface area contributed by atoms with E-state index in [1.807, 2.05) is 0 Å². The second-order valence-electron chi connectivity index (χ2n) is 6.19. The molecule has 2 aromatic heterocycles. The summed E-state index contributed by atoms with van der Waals surface area (Å²) in [4.78, 5) is 29.8. The van der Waals surface area contributed by atoms with Crippen molar-refractivity contribution < 1.29 is 24.1 Å². The summed E-state index contributed by atoms with van der Waals surface area (Å²) < 4.78 is 5.34. The van der Waals surface area contributed by atoms with Gasteiger partial charge in [-0.2, -0.15) is 0 Å². The van der Waals surface area contributed by atoms with Gasteiger partial charge in [-0.15, -0.1) is 0 Å². The molecule has 1 aliphatic rings. The number of pyridine rings is 1. The van der Waals surface area contributed by atoms with E-state index in [1.54, 1.807) is 67.0 Å². The maximum atomic E-state index is 13.1. The first-order valence-corrected chi connectivity index (χ1v) is 8.47. The molecule has 0 spiro atoms. The summed E-state index contributed by atoms with van der Waals surface area (Å²) in [6.45, 7) is 0.0999. The Balaban J connectivity index is 1.86. The lowest BCUT2D eigenvalue weighted by Gasteiger charge is -2.25. The lowest BCUT2D eigenvalue weighted by molar-refractivity contribution is -0.379. The summed E-state index contributed by atoms with van der Waals surface area (Å²) in [5, 5.41) is 13.1. The molecule has 1 saturated heterocycles. The van der Waals surface area contributed by atoms with Crippen LogP contribution in [0.2, 0.25) is 0 Å². The quantitative estimate of drug-likeness (QED) is 0.401. The van der Waals surface area contributed by atoms with Crippen molar-refractivity contribution in [2.75, 3.05) is 0 Å². The predicted octanol–water partition coefficient (Wildman–Crippen LogP) is 1.52. The van der Waals surface area contributed by atoms with Crippen molar-refractivity contribution in [1.82, 2.24) is 4.90 Å². The SMILES string of the molecule is O=C1C(=O)N(Cc2ccco2)C(c2ccc[nH+]c2)/C1=C(\[O-])c1ccccc1. The Kier molecular flexibility index (Phi) is 4.30. The lowest BCUT2D eigenvalue weighted by atomic mass is 9.96. The molecule has 4 rings (SSSR count). The normalized spacial score (nSPS) is 18.8. The summed E-state index contributed by atoms with van der Waals surface area (Å²) in [6.07, 6.45) is 4.91. The number of amides is 1. The molecule has 1 atom stereocenters. The van der Waals surface area contributed by atoms with E-state index in [0.717, 1.165) is 0 Å². The third-order valence-corrected chi connectivity index (χ3v) is 4.52. The number of likely N-dealkylation sites (tertiary alicyclic amines) is 1. The number of aromatic nitrogens is 1. The van der Waals surface area contributed by atoms with E-state index in [0.29, 0.717) is 16.9 Å². The number of hydrogen-bond acceptors (Lipinski definition) is 4. The van der Waals surface area contributed by atoms with Gasteiger partial charge < -0.3 is 14.4 Å². The Labute approximate surface area is 155 Å². The molecule has 134 valence electrons. The van der Waals surface area contributed by atoms with Gasteiger partial charge in [-0.1, -0.05) is 36.1 Å². The van der Waals surface area contributed by atoms with Gasteiger partial charge in [-0.05, 0) is 23.8 Å². The number of carbonyl (C=O) groups excluding carboxylic acids is 2. The van der Waals surface area contributed by atoms with E-state index in [2.05, 4.69) is 4.98 Å². The zero-order chi connectivity index (χ0) is 18.8. The Hall–Kier alpha value is -3.67. The van der Waals surface area contributed by atoms with Gasteiger partial charge >= 0.3 is 0 Å². The van der Waals surface area contributed by atoms with Crippen LogP contribution >= 0.6 is 0 Å². The molecule has 0 radical (unpaired) electrons. The van der Waals surface area contributed by atoms with Crippen LogP contribution in [0.25, 0.3) is 5.76 Å². The van der Waals surface area contributed by atoms with Gasteiger partial charge in [0.1, 0.15) is 5.76 Å². The van der Waals surface area contributed by atoms with Crippen molar-refractivity contribution in [3.05, 3.63) is 95.7 Å². The second-order valence-corrected chi connectivity index (χ2v) is 6.19. The van der Waals surface area contributed by atoms with Crippen LogP contribution in [0, 0.1) is 0 Å². The number of nitrogens with zero attached hydrogens (tertiary/aromatic N) is 1. The molecule has 3 aromatic rings. The van der Waals surface area contributed by atoms with E-state index >= 15 is 0 Å². The minimum atomic E-state index is -0.778. The van der Waals surface area contributed by atoms with Gasteiger partial charge in [0, 0.05) is 17.2 Å². The molecule has 0 bridgehead atoms. The maximum absolute atomic E-state index is 13.1. The molecular formula is C21H16N2O4. The minimum absolute atomic E-state index is 0.0441. The van der Waals surface area contributed by atoms with Gasteiger partial charge in [-0.3, -0.25) is 9.59 Å². The van der Waals surface area contributed by atoms with E-state index in [4.69, 9.17) is 4.42 Å². The van der Waals surface area contributed by atoms with E-state index in [9.17, 15) is 14.7 Å². The summed E-state index contributed by atoms with van der Waals surface area (Å²) in [7, 11) is 0. The number of carbonyl (C=O) groups is 2. The number of Topliss-reactive ketones (excluding diaryl/α,β-unsaturated/α-hetero) is 1. The molecule has 1 aromatic carbocycles. The van der Waals surface area contributed by atoms with Crippen molar-refractivity contribution in [2.24, 2.45) is 0 Å². The summed E-state index contributed by atoms with van der Waals surface area (Å²) >= 11 is 0. The maximum Gasteiger partial charge on any atom is 0.295 e. The van der Waals surface area contributed by atoms with Crippen molar-refractivity contribution in [3.8, 4) is 0 Å². The lowest BCUT2D eigenvalue weighted by Crippen LogP contribution is -2.29. The monoisotopic (exact) mass is 360 g/mol. The first-order chi connectivity index (χ1) is 13.2. The number of hydrogen-bond donors (Lipinski definition) is 0. The highest BCUT2D eigenvalue weighted by Gasteiger charge is 2.45. The number of benzene rings is 1. The fourth-order valence-electron chi connectivity index (χ4n) is 3.27. The van der Waals surface area contributed by atoms with Gasteiger partial charge in [0.15, 0.2) is 12.4 Å². The van der Waals surface area contributed by atoms with Crippen LogP contribution < -0.4 is 10.1 Å². The van der Waals surface area contributed by atoms with E-state index in [1.165, 1.54) is 11.2 Å². The average Bonchev–Trinajstić information content (AvgIpc) is 3.31. The van der Waals surface area contributed by atoms with Crippen LogP contribution in [-0.2, 0) is 16.1 Å². The van der Waals surface area contributed by atoms with Crippen LogP contribution in [0.15, 0.2) is 83.2 Å². The molecule has 1 fully saturated rings. The number of ketones is 1. The molecule has 0 saturated carbocycles. The fraction of sp³-hybridized carbons (Fsp3) is 0.0952. The van der Waals surface area contributed by atoms with Crippen molar-refractivity contribution in [1.29, 1.82) is 0 Å². The Morgan fingerprint density at radius 2 is 1.89 bits per heavy atom. The van der Waals surface area contributed by atoms with Gasteiger partial charge in [0.25, 0.3) is 5.91 Å². The summed E-state index contributed by atoms with van der Waals surface area (Å²) in [5.74, 6) is -1.39. The molecule has 6 heteroatoms. The van der Waals surface area contributed by atoms with Crippen LogP contribution in [0.5, 0.6) is 0 Å². The number of rotatable bonds is 4. The number of aromatic amines is 1. The molecule has 1 unspecified atom stereocenters. The highest BCUT2D eigenvalue weighted by Crippen LogP contribution is 2.39. The van der Waals surface area contributed by atoms with Gasteiger partial charge in [-0.25, -0.2) is 4.98 Å². The summed E-state index contributed by atoms with van der Waals surface area (Å²) in [6, 6.07) is 14.7. The molecule has 1 aliphatic heterocycles. The fourth-order valence-corrected chi connectivity index (χ4v) is 3.27. The van der Waals surface area contributed by atoms with Crippen molar-refractivity contribution >= 4 is 17.4 Å². The molecule has 1 N–H and O–H groups in total. The molecule has 3 heterocycles. The van der Waals surface area contributed by atoms with E-state index < -0.39 is 23.5 Å². The highest BCUT2D eigenvalue weighted by atomic mass is 16.3. The topological polar surface area (TPSA) is 87.7 Å². The third-order valence-electron chi connectivity index (χ3n) is 4.52. The first kappa shape index (κ1) is 16.8. The van der Waals surface area contributed by atoms with E-state index in [-0.39, 0.29) is 12.1 Å². The predicted molar refractivity (Wildman–Crippen MR) is 93.4 cm³/mol. The second kappa shape index (κ2) is 6.92. The van der Waals surface area contributed by atoms with Crippen LogP contribution in [0.3, 0.4) is 0 Å².